The molecule has 2 aromatic carbocycles. The van der Waals surface area contributed by atoms with Gasteiger partial charge in [0.2, 0.25) is 11.0 Å². The minimum Gasteiger partial charge on any atom is -0.497 e. The monoisotopic (exact) mass is 502 g/mol. The van der Waals surface area contributed by atoms with Crippen LogP contribution in [0.1, 0.15) is 27.7 Å². The molecule has 2 aromatic rings. The first-order chi connectivity index (χ1) is 16.8. The molecule has 0 bridgehead atoms. The number of methoxy groups -OCH3 is 2. The van der Waals surface area contributed by atoms with E-state index in [1.54, 1.807) is 57.5 Å². The first-order valence-electron chi connectivity index (χ1n) is 11.5. The lowest BCUT2D eigenvalue weighted by molar-refractivity contribution is -0.147. The summed E-state index contributed by atoms with van der Waals surface area (Å²) >= 11 is 1.11. The fraction of sp³-hybridized carbons (Fsp3) is 0.423. The van der Waals surface area contributed by atoms with Gasteiger partial charge in [-0.3, -0.25) is 14.5 Å². The second-order valence-corrected chi connectivity index (χ2v) is 8.73. The highest BCUT2D eigenvalue weighted by Crippen LogP contribution is 2.30. The van der Waals surface area contributed by atoms with E-state index in [2.05, 4.69) is 0 Å². The summed E-state index contributed by atoms with van der Waals surface area (Å²) in [5.41, 5.74) is 1.18. The first-order valence-corrected chi connectivity index (χ1v) is 12.5. The van der Waals surface area contributed by atoms with Gasteiger partial charge >= 0.3 is 5.97 Å². The molecule has 2 atom stereocenters. The summed E-state index contributed by atoms with van der Waals surface area (Å²) < 4.78 is 15.9. The third-order valence-electron chi connectivity index (χ3n) is 5.40. The quantitative estimate of drug-likeness (QED) is 0.400. The van der Waals surface area contributed by atoms with Gasteiger partial charge in [-0.25, -0.2) is 4.79 Å². The number of rotatable bonds is 12. The van der Waals surface area contributed by atoms with Crippen LogP contribution in [-0.2, 0) is 19.1 Å². The van der Waals surface area contributed by atoms with Gasteiger partial charge in [0.25, 0.3) is 0 Å². The van der Waals surface area contributed by atoms with Crippen molar-refractivity contribution < 1.29 is 28.6 Å². The SMILES string of the molecule is CCOC(=O)[C@@H]([C@@H](C(=O)SCC)N(CC)c1ccc(OC)cc1)N(C(C)=O)c1ccc(OC)cc1. The zero-order valence-corrected chi connectivity index (χ0v) is 22.0. The van der Waals surface area contributed by atoms with Crippen LogP contribution < -0.4 is 19.3 Å². The topological polar surface area (TPSA) is 85.4 Å². The van der Waals surface area contributed by atoms with Crippen molar-refractivity contribution in [1.82, 2.24) is 0 Å². The van der Waals surface area contributed by atoms with E-state index in [9.17, 15) is 14.4 Å². The van der Waals surface area contributed by atoms with Gasteiger partial charge in [0.15, 0.2) is 6.04 Å². The number of amides is 1. The van der Waals surface area contributed by atoms with Crippen molar-refractivity contribution in [3.63, 3.8) is 0 Å². The molecule has 35 heavy (non-hydrogen) atoms. The second kappa shape index (κ2) is 13.6. The highest BCUT2D eigenvalue weighted by atomic mass is 32.2. The molecule has 0 saturated heterocycles. The Kier molecular flexibility index (Phi) is 10.9. The van der Waals surface area contributed by atoms with Gasteiger partial charge in [-0.15, -0.1) is 0 Å². The first kappa shape index (κ1) is 28.0. The number of esters is 1. The largest absolute Gasteiger partial charge is 0.497 e. The molecule has 0 aliphatic heterocycles. The van der Waals surface area contributed by atoms with Gasteiger partial charge in [-0.1, -0.05) is 18.7 Å². The molecule has 0 spiro atoms. The predicted octanol–water partition coefficient (Wildman–Crippen LogP) is 4.16. The van der Waals surface area contributed by atoms with Gasteiger partial charge in [0.1, 0.15) is 17.5 Å². The third kappa shape index (κ3) is 6.91. The molecule has 0 aliphatic carbocycles. The lowest BCUT2D eigenvalue weighted by Gasteiger charge is -2.40. The van der Waals surface area contributed by atoms with Gasteiger partial charge in [-0.2, -0.15) is 0 Å². The lowest BCUT2D eigenvalue weighted by atomic mass is 10.0. The number of hydrogen-bond acceptors (Lipinski definition) is 8. The Morgan fingerprint density at radius 2 is 1.34 bits per heavy atom. The van der Waals surface area contributed by atoms with Gasteiger partial charge < -0.3 is 19.1 Å². The van der Waals surface area contributed by atoms with Crippen molar-refractivity contribution in [2.45, 2.75) is 39.8 Å². The smallest absolute Gasteiger partial charge is 0.331 e. The van der Waals surface area contributed by atoms with E-state index >= 15 is 0 Å². The molecule has 0 aromatic heterocycles. The van der Waals surface area contributed by atoms with Crippen molar-refractivity contribution >= 4 is 40.1 Å². The summed E-state index contributed by atoms with van der Waals surface area (Å²) in [6.45, 7) is 7.36. The van der Waals surface area contributed by atoms with Crippen molar-refractivity contribution in [3.05, 3.63) is 48.5 Å². The van der Waals surface area contributed by atoms with E-state index in [0.717, 1.165) is 17.4 Å². The maximum absolute atomic E-state index is 13.6. The van der Waals surface area contributed by atoms with Crippen LogP contribution in [-0.4, -0.2) is 62.2 Å². The van der Waals surface area contributed by atoms with E-state index in [-0.39, 0.29) is 11.7 Å². The number of carbonyl (C=O) groups is 3. The molecule has 0 unspecified atom stereocenters. The van der Waals surface area contributed by atoms with Crippen molar-refractivity contribution in [1.29, 1.82) is 0 Å². The summed E-state index contributed by atoms with van der Waals surface area (Å²) in [5.74, 6) is 0.751. The Morgan fingerprint density at radius 3 is 1.74 bits per heavy atom. The van der Waals surface area contributed by atoms with Crippen LogP contribution in [0.25, 0.3) is 0 Å². The zero-order chi connectivity index (χ0) is 26.0. The summed E-state index contributed by atoms with van der Waals surface area (Å²) in [4.78, 5) is 43.2. The van der Waals surface area contributed by atoms with Gasteiger partial charge in [-0.05, 0) is 68.1 Å². The number of benzene rings is 2. The normalized spacial score (nSPS) is 12.3. The highest BCUT2D eigenvalue weighted by molar-refractivity contribution is 8.13. The van der Waals surface area contributed by atoms with Crippen LogP contribution >= 0.6 is 11.8 Å². The molecule has 9 heteroatoms. The number of ether oxygens (including phenoxy) is 3. The van der Waals surface area contributed by atoms with Crippen LogP contribution in [0.15, 0.2) is 48.5 Å². The molecule has 8 nitrogen and oxygen atoms in total. The Morgan fingerprint density at radius 1 is 0.829 bits per heavy atom. The van der Waals surface area contributed by atoms with Crippen molar-refractivity contribution in [2.75, 3.05) is 42.9 Å². The van der Waals surface area contributed by atoms with Crippen LogP contribution in [0.2, 0.25) is 0 Å². The Balaban J connectivity index is 2.71. The second-order valence-electron chi connectivity index (χ2n) is 7.46. The van der Waals surface area contributed by atoms with E-state index in [1.165, 1.54) is 11.8 Å². The van der Waals surface area contributed by atoms with Gasteiger partial charge in [0.05, 0.1) is 20.8 Å². The minimum absolute atomic E-state index is 0.111. The molecule has 190 valence electrons. The number of likely N-dealkylation sites (N-methyl/N-ethyl adjacent to an activating group) is 1. The fourth-order valence-corrected chi connectivity index (χ4v) is 4.56. The molecule has 0 radical (unpaired) electrons. The Hall–Kier alpha value is -3.20. The summed E-state index contributed by atoms with van der Waals surface area (Å²) in [6.07, 6.45) is 0. The van der Waals surface area contributed by atoms with E-state index in [0.29, 0.717) is 29.5 Å². The Labute approximate surface area is 211 Å². The van der Waals surface area contributed by atoms with Crippen molar-refractivity contribution in [3.8, 4) is 11.5 Å². The number of hydrogen-bond donors (Lipinski definition) is 0. The summed E-state index contributed by atoms with van der Waals surface area (Å²) in [5, 5.41) is -0.233. The molecule has 0 saturated carbocycles. The molecule has 0 fully saturated rings. The zero-order valence-electron chi connectivity index (χ0n) is 21.1. The lowest BCUT2D eigenvalue weighted by Crippen LogP contribution is -2.60. The van der Waals surface area contributed by atoms with Gasteiger partial charge in [0, 0.05) is 24.8 Å². The molecule has 2 rings (SSSR count). The maximum atomic E-state index is 13.6. The van der Waals surface area contributed by atoms with Crippen LogP contribution in [0, 0.1) is 0 Å². The predicted molar refractivity (Wildman–Crippen MR) is 140 cm³/mol. The maximum Gasteiger partial charge on any atom is 0.331 e. The van der Waals surface area contributed by atoms with Crippen molar-refractivity contribution in [2.24, 2.45) is 0 Å². The van der Waals surface area contributed by atoms with Crippen LogP contribution in [0.4, 0.5) is 11.4 Å². The van der Waals surface area contributed by atoms with E-state index in [1.807, 2.05) is 30.9 Å². The molecule has 0 aliphatic rings. The fourth-order valence-electron chi connectivity index (χ4n) is 3.85. The average molecular weight is 503 g/mol. The summed E-state index contributed by atoms with van der Waals surface area (Å²) in [6, 6.07) is 11.8. The number of anilines is 2. The molecule has 0 N–H and O–H groups in total. The minimum atomic E-state index is -1.21. The standard InChI is InChI=1S/C26H34N2O6S/c1-7-27(19-10-14-21(32-5)15-11-19)24(26(31)35-9-3)23(25(30)34-8-2)28(18(4)29)20-12-16-22(33-6)17-13-20/h10-17,23-24H,7-9H2,1-6H3/t23-,24+/m1/s1. The van der Waals surface area contributed by atoms with E-state index < -0.39 is 24.0 Å². The highest BCUT2D eigenvalue weighted by Gasteiger charge is 2.44. The number of carbonyl (C=O) groups excluding carboxylic acids is 3. The Bertz CT molecular complexity index is 980. The molecule has 0 heterocycles. The van der Waals surface area contributed by atoms with Crippen LogP contribution in [0.5, 0.6) is 11.5 Å². The molecular formula is C26H34N2O6S. The van der Waals surface area contributed by atoms with Crippen LogP contribution in [0.3, 0.4) is 0 Å². The summed E-state index contributed by atoms with van der Waals surface area (Å²) in [7, 11) is 3.12. The average Bonchev–Trinajstić information content (AvgIpc) is 2.86. The third-order valence-corrected chi connectivity index (χ3v) is 6.22. The number of nitrogens with zero attached hydrogens (tertiary/aromatic N) is 2. The van der Waals surface area contributed by atoms with E-state index in [4.69, 9.17) is 14.2 Å². The number of thioether (sulfide) groups is 1. The molecule has 1 amide bonds. The molecular weight excluding hydrogens is 468 g/mol.